The van der Waals surface area contributed by atoms with E-state index in [0.717, 1.165) is 0 Å². The number of aryl methyl sites for hydroxylation is 1. The van der Waals surface area contributed by atoms with Crippen LogP contribution >= 0.6 is 0 Å². The Morgan fingerprint density at radius 2 is 2.26 bits per heavy atom. The number of H-pyrrole nitrogens is 1. The molecule has 0 radical (unpaired) electrons. The average molecular weight is 260 g/mol. The molecular formula is C12H16N6O. The molecule has 2 heterocycles. The zero-order valence-corrected chi connectivity index (χ0v) is 10.8. The fourth-order valence-electron chi connectivity index (χ4n) is 1.74. The van der Waals surface area contributed by atoms with E-state index in [1.54, 1.807) is 31.5 Å². The molecule has 0 aliphatic carbocycles. The Kier molecular flexibility index (Phi) is 3.76. The number of carbonyl (C=O) groups excluding carboxylic acids is 1. The minimum atomic E-state index is -0.203. The Labute approximate surface area is 110 Å². The summed E-state index contributed by atoms with van der Waals surface area (Å²) >= 11 is 0. The lowest BCUT2D eigenvalue weighted by Crippen LogP contribution is -2.27. The van der Waals surface area contributed by atoms with E-state index in [1.165, 1.54) is 0 Å². The van der Waals surface area contributed by atoms with Gasteiger partial charge in [-0.05, 0) is 26.0 Å². The number of hydrazine groups is 1. The van der Waals surface area contributed by atoms with Crippen LogP contribution in [0.15, 0.2) is 24.5 Å². The van der Waals surface area contributed by atoms with Crippen LogP contribution in [0, 0.1) is 6.92 Å². The van der Waals surface area contributed by atoms with Gasteiger partial charge in [0.15, 0.2) is 0 Å². The van der Waals surface area contributed by atoms with Crippen molar-refractivity contribution in [3.05, 3.63) is 41.6 Å². The van der Waals surface area contributed by atoms with Crippen molar-refractivity contribution in [2.24, 2.45) is 5.84 Å². The maximum absolute atomic E-state index is 12.1. The highest BCUT2D eigenvalue weighted by molar-refractivity contribution is 5.95. The van der Waals surface area contributed by atoms with Gasteiger partial charge in [-0.15, -0.1) is 0 Å². The number of amides is 1. The van der Waals surface area contributed by atoms with Crippen LogP contribution in [-0.4, -0.2) is 20.9 Å². The van der Waals surface area contributed by atoms with Crippen LogP contribution in [0.3, 0.4) is 0 Å². The second-order valence-electron chi connectivity index (χ2n) is 4.20. The molecule has 0 spiro atoms. The Morgan fingerprint density at radius 1 is 1.47 bits per heavy atom. The highest BCUT2D eigenvalue weighted by Crippen LogP contribution is 2.11. The lowest BCUT2D eigenvalue weighted by atomic mass is 10.2. The highest BCUT2D eigenvalue weighted by Gasteiger charge is 2.14. The molecule has 0 bridgehead atoms. The standard InChI is InChI=1S/C12H16N6O/c1-7-5-9(6-10(16-7)18-13)12(19)17-8(2)11-14-3-4-15-11/h3-6,8H,13H2,1-2H3,(H,14,15)(H,16,18)(H,17,19). The molecule has 0 aliphatic heterocycles. The summed E-state index contributed by atoms with van der Waals surface area (Å²) in [6.45, 7) is 3.65. The number of carbonyl (C=O) groups is 1. The van der Waals surface area contributed by atoms with Gasteiger partial charge in [0.2, 0.25) is 0 Å². The van der Waals surface area contributed by atoms with E-state index in [0.29, 0.717) is 22.9 Å². The number of hydrogen-bond acceptors (Lipinski definition) is 5. The number of nitrogens with two attached hydrogens (primary N) is 1. The number of hydrogen-bond donors (Lipinski definition) is 4. The first-order valence-electron chi connectivity index (χ1n) is 5.85. The van der Waals surface area contributed by atoms with Crippen LogP contribution in [0.5, 0.6) is 0 Å². The van der Waals surface area contributed by atoms with E-state index in [1.807, 2.05) is 6.92 Å². The van der Waals surface area contributed by atoms with Gasteiger partial charge < -0.3 is 15.7 Å². The predicted molar refractivity (Wildman–Crippen MR) is 71.3 cm³/mol. The molecule has 2 aromatic rings. The zero-order valence-electron chi connectivity index (χ0n) is 10.8. The lowest BCUT2D eigenvalue weighted by Gasteiger charge is -2.12. The van der Waals surface area contributed by atoms with E-state index in [4.69, 9.17) is 5.84 Å². The number of anilines is 1. The summed E-state index contributed by atoms with van der Waals surface area (Å²) in [6, 6.07) is 3.09. The fourth-order valence-corrected chi connectivity index (χ4v) is 1.74. The number of nitrogens with zero attached hydrogens (tertiary/aromatic N) is 2. The summed E-state index contributed by atoms with van der Waals surface area (Å²) in [7, 11) is 0. The second-order valence-corrected chi connectivity index (χ2v) is 4.20. The maximum Gasteiger partial charge on any atom is 0.252 e. The van der Waals surface area contributed by atoms with Gasteiger partial charge in [-0.2, -0.15) is 0 Å². The van der Waals surface area contributed by atoms with Gasteiger partial charge in [0.25, 0.3) is 5.91 Å². The highest BCUT2D eigenvalue weighted by atomic mass is 16.1. The first kappa shape index (κ1) is 13.0. The van der Waals surface area contributed by atoms with Crippen molar-refractivity contribution < 1.29 is 4.79 Å². The fraction of sp³-hybridized carbons (Fsp3) is 0.250. The minimum absolute atomic E-state index is 0.203. The molecule has 1 unspecified atom stereocenters. The van der Waals surface area contributed by atoms with Gasteiger partial charge in [0, 0.05) is 23.7 Å². The summed E-state index contributed by atoms with van der Waals surface area (Å²) in [5, 5.41) is 2.85. The molecule has 1 amide bonds. The molecular weight excluding hydrogens is 244 g/mol. The van der Waals surface area contributed by atoms with Crippen LogP contribution in [-0.2, 0) is 0 Å². The maximum atomic E-state index is 12.1. The van der Waals surface area contributed by atoms with Gasteiger partial charge in [-0.1, -0.05) is 0 Å². The summed E-state index contributed by atoms with van der Waals surface area (Å²) in [4.78, 5) is 23.3. The van der Waals surface area contributed by atoms with Crippen molar-refractivity contribution in [1.29, 1.82) is 0 Å². The van der Waals surface area contributed by atoms with Crippen molar-refractivity contribution in [3.63, 3.8) is 0 Å². The smallest absolute Gasteiger partial charge is 0.252 e. The summed E-state index contributed by atoms with van der Waals surface area (Å²) < 4.78 is 0. The van der Waals surface area contributed by atoms with Crippen molar-refractivity contribution in [3.8, 4) is 0 Å². The first-order chi connectivity index (χ1) is 9.10. The molecule has 7 heteroatoms. The van der Waals surface area contributed by atoms with Crippen LogP contribution in [0.4, 0.5) is 5.82 Å². The van der Waals surface area contributed by atoms with E-state index in [2.05, 4.69) is 25.7 Å². The molecule has 7 nitrogen and oxygen atoms in total. The van der Waals surface area contributed by atoms with Crippen LogP contribution in [0.25, 0.3) is 0 Å². The van der Waals surface area contributed by atoms with Crippen molar-refractivity contribution >= 4 is 11.7 Å². The normalized spacial score (nSPS) is 11.9. The van der Waals surface area contributed by atoms with Gasteiger partial charge in [0.05, 0.1) is 6.04 Å². The number of nitrogens with one attached hydrogen (secondary N) is 3. The minimum Gasteiger partial charge on any atom is -0.347 e. The van der Waals surface area contributed by atoms with Gasteiger partial charge >= 0.3 is 0 Å². The second kappa shape index (κ2) is 5.49. The third-order valence-electron chi connectivity index (χ3n) is 2.64. The Balaban J connectivity index is 2.13. The summed E-state index contributed by atoms with van der Waals surface area (Å²) in [5.74, 6) is 6.26. The Morgan fingerprint density at radius 3 is 2.89 bits per heavy atom. The monoisotopic (exact) mass is 260 g/mol. The molecule has 19 heavy (non-hydrogen) atoms. The van der Waals surface area contributed by atoms with Crippen molar-refractivity contribution in [1.82, 2.24) is 20.3 Å². The Hall–Kier alpha value is -2.41. The number of nitrogen functional groups attached to an aromatic ring is 1. The predicted octanol–water partition coefficient (Wildman–Crippen LogP) is 0.890. The molecule has 2 rings (SSSR count). The average Bonchev–Trinajstić information content (AvgIpc) is 2.91. The van der Waals surface area contributed by atoms with Crippen molar-refractivity contribution in [2.45, 2.75) is 19.9 Å². The quantitative estimate of drug-likeness (QED) is 0.482. The SMILES string of the molecule is Cc1cc(C(=O)NC(C)c2ncc[nH]2)cc(NN)n1. The van der Waals surface area contributed by atoms with E-state index < -0.39 is 0 Å². The topological polar surface area (TPSA) is 109 Å². The first-order valence-corrected chi connectivity index (χ1v) is 5.85. The largest absolute Gasteiger partial charge is 0.347 e. The van der Waals surface area contributed by atoms with Crippen molar-refractivity contribution in [2.75, 3.05) is 5.43 Å². The van der Waals surface area contributed by atoms with E-state index >= 15 is 0 Å². The van der Waals surface area contributed by atoms with E-state index in [-0.39, 0.29) is 11.9 Å². The lowest BCUT2D eigenvalue weighted by molar-refractivity contribution is 0.0938. The third-order valence-corrected chi connectivity index (χ3v) is 2.64. The molecule has 0 aromatic carbocycles. The zero-order chi connectivity index (χ0) is 13.8. The number of pyridine rings is 1. The van der Waals surface area contributed by atoms with E-state index in [9.17, 15) is 4.79 Å². The molecule has 0 aliphatic rings. The third kappa shape index (κ3) is 3.08. The number of imidazole rings is 1. The molecule has 1 atom stereocenters. The summed E-state index contributed by atoms with van der Waals surface area (Å²) in [5.41, 5.74) is 3.65. The molecule has 100 valence electrons. The molecule has 0 saturated carbocycles. The molecule has 5 N–H and O–H groups in total. The molecule has 0 fully saturated rings. The van der Waals surface area contributed by atoms with Crippen LogP contribution in [0.1, 0.15) is 34.8 Å². The van der Waals surface area contributed by atoms with Crippen LogP contribution < -0.4 is 16.6 Å². The Bertz CT molecular complexity index is 566. The molecule has 0 saturated heterocycles. The van der Waals surface area contributed by atoms with Gasteiger partial charge in [0.1, 0.15) is 11.6 Å². The van der Waals surface area contributed by atoms with Gasteiger partial charge in [-0.25, -0.2) is 15.8 Å². The summed E-state index contributed by atoms with van der Waals surface area (Å²) in [6.07, 6.45) is 3.36. The number of aromatic nitrogens is 3. The molecule has 2 aromatic heterocycles. The van der Waals surface area contributed by atoms with Crippen LogP contribution in [0.2, 0.25) is 0 Å². The van der Waals surface area contributed by atoms with Gasteiger partial charge in [-0.3, -0.25) is 4.79 Å². The number of aromatic amines is 1. The number of rotatable bonds is 4.